The van der Waals surface area contributed by atoms with Gasteiger partial charge in [-0.05, 0) is 55.3 Å². The van der Waals surface area contributed by atoms with E-state index in [4.69, 9.17) is 0 Å². The van der Waals surface area contributed by atoms with Crippen molar-refractivity contribution >= 4 is 29.6 Å². The Bertz CT molecular complexity index is 809. The molecule has 0 spiro atoms. The van der Waals surface area contributed by atoms with Crippen molar-refractivity contribution in [1.29, 1.82) is 0 Å². The Kier molecular flexibility index (Phi) is 4.79. The molecule has 1 aliphatic rings. The Morgan fingerprint density at radius 3 is 2.32 bits per heavy atom. The van der Waals surface area contributed by atoms with Gasteiger partial charge in [-0.3, -0.25) is 0 Å². The van der Waals surface area contributed by atoms with Gasteiger partial charge in [0.05, 0.1) is 0 Å². The van der Waals surface area contributed by atoms with Gasteiger partial charge in [0, 0.05) is 24.3 Å². The summed E-state index contributed by atoms with van der Waals surface area (Å²) in [5, 5.41) is 15.9. The second-order valence-corrected chi connectivity index (χ2v) is 5.57. The van der Waals surface area contributed by atoms with E-state index in [0.29, 0.717) is 5.69 Å². The normalized spacial score (nSPS) is 15.6. The number of rotatable bonds is 5. The van der Waals surface area contributed by atoms with Crippen LogP contribution in [-0.4, -0.2) is 36.0 Å². The van der Waals surface area contributed by atoms with Gasteiger partial charge in [0.1, 0.15) is 11.9 Å². The van der Waals surface area contributed by atoms with E-state index >= 15 is 0 Å². The maximum absolute atomic E-state index is 12.5. The lowest BCUT2D eigenvalue weighted by Gasteiger charge is -2.20. The van der Waals surface area contributed by atoms with E-state index in [1.54, 1.807) is 30.5 Å². The number of carbonyl (C=O) groups excluding carboxylic acids is 1. The molecule has 6 nitrogen and oxygen atoms in total. The number of amides is 2. The minimum Gasteiger partial charge on any atom is -0.824 e. The molecule has 128 valence electrons. The van der Waals surface area contributed by atoms with Crippen molar-refractivity contribution in [2.45, 2.75) is 13.8 Å². The third-order valence-corrected chi connectivity index (χ3v) is 4.08. The Balaban J connectivity index is 1.84. The lowest BCUT2D eigenvalue weighted by molar-refractivity contribution is -0.422. The molecule has 0 bridgehead atoms. The molecule has 0 N–H and O–H groups in total. The van der Waals surface area contributed by atoms with Crippen molar-refractivity contribution in [1.82, 2.24) is 0 Å². The molecule has 3 rings (SSSR count). The summed E-state index contributed by atoms with van der Waals surface area (Å²) in [7, 11) is 0. The highest BCUT2D eigenvalue weighted by Gasteiger charge is 2.36. The monoisotopic (exact) mass is 336 g/mol. The van der Waals surface area contributed by atoms with Crippen LogP contribution in [-0.2, 0) is 0 Å². The van der Waals surface area contributed by atoms with Crippen molar-refractivity contribution in [3.05, 3.63) is 60.2 Å². The predicted molar refractivity (Wildman–Crippen MR) is 97.2 cm³/mol. The highest BCUT2D eigenvalue weighted by Crippen LogP contribution is 2.18. The highest BCUT2D eigenvalue weighted by molar-refractivity contribution is 6.12. The molecule has 1 heterocycles. The molecule has 0 fully saturated rings. The zero-order valence-corrected chi connectivity index (χ0v) is 14.3. The molecule has 0 unspecified atom stereocenters. The number of urea groups is 1. The molecular formula is C19H20N4O2. The quantitative estimate of drug-likeness (QED) is 0.787. The van der Waals surface area contributed by atoms with Crippen LogP contribution in [0.3, 0.4) is 0 Å². The molecule has 1 aliphatic heterocycles. The number of carbonyl (C=O) groups is 1. The lowest BCUT2D eigenvalue weighted by Crippen LogP contribution is -2.40. The van der Waals surface area contributed by atoms with Gasteiger partial charge >= 0.3 is 6.03 Å². The van der Waals surface area contributed by atoms with Gasteiger partial charge in [0.25, 0.3) is 0 Å². The van der Waals surface area contributed by atoms with Crippen LogP contribution in [0.4, 0.5) is 16.2 Å². The molecule has 6 heteroatoms. The topological polar surface area (TPSA) is 62.0 Å². The number of benzene rings is 2. The fourth-order valence-electron chi connectivity index (χ4n) is 2.75. The van der Waals surface area contributed by atoms with Crippen LogP contribution in [0.2, 0.25) is 0 Å². The van der Waals surface area contributed by atoms with E-state index in [1.165, 1.54) is 0 Å². The number of amidine groups is 1. The summed E-state index contributed by atoms with van der Waals surface area (Å²) in [6.07, 6.45) is 1.56. The molecule has 0 aliphatic carbocycles. The summed E-state index contributed by atoms with van der Waals surface area (Å²) in [4.78, 5) is 15.8. The van der Waals surface area contributed by atoms with E-state index in [1.807, 2.05) is 30.3 Å². The zero-order valence-electron chi connectivity index (χ0n) is 14.3. The number of hydrogen-bond donors (Lipinski definition) is 0. The Morgan fingerprint density at radius 2 is 1.72 bits per heavy atom. The maximum Gasteiger partial charge on any atom is 0.529 e. The van der Waals surface area contributed by atoms with Crippen molar-refractivity contribution in [2.24, 2.45) is 5.10 Å². The summed E-state index contributed by atoms with van der Waals surface area (Å²) in [6.45, 7) is 6.07. The molecule has 0 aromatic heterocycles. The van der Waals surface area contributed by atoms with E-state index in [2.05, 4.69) is 23.8 Å². The minimum absolute atomic E-state index is 0.482. The van der Waals surface area contributed by atoms with E-state index in [-0.39, 0.29) is 0 Å². The van der Waals surface area contributed by atoms with Crippen LogP contribution in [0, 0.1) is 0 Å². The Morgan fingerprint density at radius 1 is 1.08 bits per heavy atom. The largest absolute Gasteiger partial charge is 0.824 e. The number of para-hydroxylation sites is 1. The van der Waals surface area contributed by atoms with Crippen molar-refractivity contribution in [2.75, 3.05) is 22.9 Å². The van der Waals surface area contributed by atoms with Crippen LogP contribution < -0.4 is 14.9 Å². The summed E-state index contributed by atoms with van der Waals surface area (Å²) < 4.78 is 1.09. The number of hydrazone groups is 1. The van der Waals surface area contributed by atoms with Crippen molar-refractivity contribution in [3.8, 4) is 0 Å². The first-order valence-corrected chi connectivity index (χ1v) is 8.28. The molecule has 0 saturated heterocycles. The van der Waals surface area contributed by atoms with Gasteiger partial charge in [-0.15, -0.1) is 4.90 Å². The van der Waals surface area contributed by atoms with Crippen molar-refractivity contribution < 1.29 is 14.6 Å². The first kappa shape index (κ1) is 16.7. The molecule has 0 radical (unpaired) electrons. The highest BCUT2D eigenvalue weighted by atomic mass is 16.3. The SMILES string of the molecule is CCN(CC)c1ccc(/C=[N+]2\N=C([O-])N(c3ccccc3)C2=O)cc1. The van der Waals surface area contributed by atoms with Gasteiger partial charge in [0.2, 0.25) is 6.02 Å². The average molecular weight is 336 g/mol. The van der Waals surface area contributed by atoms with Gasteiger partial charge in [-0.25, -0.2) is 0 Å². The van der Waals surface area contributed by atoms with E-state index in [0.717, 1.165) is 33.9 Å². The first-order chi connectivity index (χ1) is 12.1. The molecule has 2 aromatic carbocycles. The average Bonchev–Trinajstić information content (AvgIpc) is 2.91. The predicted octanol–water partition coefficient (Wildman–Crippen LogP) is 2.24. The van der Waals surface area contributed by atoms with Crippen LogP contribution in [0.1, 0.15) is 19.4 Å². The van der Waals surface area contributed by atoms with Gasteiger partial charge in [-0.2, -0.15) is 4.79 Å². The van der Waals surface area contributed by atoms with Gasteiger partial charge in [-0.1, -0.05) is 22.9 Å². The third kappa shape index (κ3) is 3.38. The lowest BCUT2D eigenvalue weighted by atomic mass is 10.2. The van der Waals surface area contributed by atoms with Gasteiger partial charge in [0.15, 0.2) is 0 Å². The fourth-order valence-corrected chi connectivity index (χ4v) is 2.75. The van der Waals surface area contributed by atoms with Crippen LogP contribution >= 0.6 is 0 Å². The number of hydrogen-bond acceptors (Lipinski definition) is 4. The minimum atomic E-state index is -0.591. The molecule has 2 aromatic rings. The van der Waals surface area contributed by atoms with Crippen LogP contribution in [0.15, 0.2) is 59.7 Å². The van der Waals surface area contributed by atoms with E-state index < -0.39 is 12.1 Å². The smallest absolute Gasteiger partial charge is 0.529 e. The number of anilines is 2. The maximum atomic E-state index is 12.5. The molecular weight excluding hydrogens is 316 g/mol. The number of nitrogens with zero attached hydrogens (tertiary/aromatic N) is 4. The standard InChI is InChI=1S/C19H20N4O2/c1-3-21(4-2)16-12-10-15(11-13-16)14-22-19(25)23(18(24)20-22)17-8-6-5-7-9-17/h5-14H,3-4H2,1-2H3. The first-order valence-electron chi connectivity index (χ1n) is 8.28. The molecule has 0 atom stereocenters. The second-order valence-electron chi connectivity index (χ2n) is 5.57. The molecule has 2 amide bonds. The Labute approximate surface area is 146 Å². The van der Waals surface area contributed by atoms with Crippen molar-refractivity contribution in [3.63, 3.8) is 0 Å². The molecule has 0 saturated carbocycles. The van der Waals surface area contributed by atoms with Crippen LogP contribution in [0.25, 0.3) is 0 Å². The molecule has 25 heavy (non-hydrogen) atoms. The van der Waals surface area contributed by atoms with E-state index in [9.17, 15) is 9.90 Å². The third-order valence-electron chi connectivity index (χ3n) is 4.08. The summed E-state index contributed by atoms with van der Waals surface area (Å²) in [5.41, 5.74) is 2.43. The summed E-state index contributed by atoms with van der Waals surface area (Å²) >= 11 is 0. The fraction of sp³-hybridized carbons (Fsp3) is 0.211. The summed E-state index contributed by atoms with van der Waals surface area (Å²) in [5.74, 6) is 0. The van der Waals surface area contributed by atoms with Crippen LogP contribution in [0.5, 0.6) is 0 Å². The zero-order chi connectivity index (χ0) is 17.8. The van der Waals surface area contributed by atoms with Gasteiger partial charge < -0.3 is 10.0 Å². The second kappa shape index (κ2) is 7.17. The summed E-state index contributed by atoms with van der Waals surface area (Å²) in [6, 6.07) is 15.5. The Hall–Kier alpha value is -3.15.